The number of hydrogen-bond donors (Lipinski definition) is 2. The summed E-state index contributed by atoms with van der Waals surface area (Å²) >= 11 is 0. The van der Waals surface area contributed by atoms with Gasteiger partial charge in [0.15, 0.2) is 0 Å². The van der Waals surface area contributed by atoms with Gasteiger partial charge in [0, 0.05) is 18.5 Å². The number of aliphatic hydroxyl groups is 1. The topological polar surface area (TPSA) is 60.8 Å². The van der Waals surface area contributed by atoms with Crippen molar-refractivity contribution < 1.29 is 15.0 Å². The van der Waals surface area contributed by atoms with Crippen molar-refractivity contribution in [3.05, 3.63) is 60.2 Å². The van der Waals surface area contributed by atoms with Gasteiger partial charge in [-0.25, -0.2) is 4.79 Å². The number of nitrogens with zero attached hydrogens (tertiary/aromatic N) is 1. The molecule has 1 aliphatic rings. The third-order valence-corrected chi connectivity index (χ3v) is 3.58. The summed E-state index contributed by atoms with van der Waals surface area (Å²) in [6.45, 7) is 2.42. The summed E-state index contributed by atoms with van der Waals surface area (Å²) in [7, 11) is 0. The minimum Gasteiger partial charge on any atom is -0.465 e. The Labute approximate surface area is 118 Å². The zero-order valence-corrected chi connectivity index (χ0v) is 11.4. The fourth-order valence-corrected chi connectivity index (χ4v) is 2.32. The molecule has 106 valence electrons. The Morgan fingerprint density at radius 2 is 2.00 bits per heavy atom. The number of carbonyl (C=O) groups is 1. The van der Waals surface area contributed by atoms with E-state index < -0.39 is 17.6 Å². The van der Waals surface area contributed by atoms with Crippen LogP contribution in [-0.2, 0) is 6.54 Å². The standard InChI is InChI=1S/C16H19NO3/c1-16(10-6-5-9-14(16)18)12-17(15(19)20)11-13-7-3-2-4-8-13/h2-10,14,18H,11-12H2,1H3,(H,19,20). The van der Waals surface area contributed by atoms with Crippen LogP contribution in [0.1, 0.15) is 12.5 Å². The molecule has 4 nitrogen and oxygen atoms in total. The van der Waals surface area contributed by atoms with E-state index >= 15 is 0 Å². The number of benzene rings is 1. The van der Waals surface area contributed by atoms with Crippen molar-refractivity contribution in [1.29, 1.82) is 0 Å². The summed E-state index contributed by atoms with van der Waals surface area (Å²) < 4.78 is 0. The van der Waals surface area contributed by atoms with Crippen molar-refractivity contribution in [1.82, 2.24) is 4.90 Å². The highest BCUT2D eigenvalue weighted by molar-refractivity contribution is 5.65. The van der Waals surface area contributed by atoms with Gasteiger partial charge in [0.2, 0.25) is 0 Å². The molecule has 0 fully saturated rings. The molecule has 1 aromatic rings. The Morgan fingerprint density at radius 1 is 1.30 bits per heavy atom. The summed E-state index contributed by atoms with van der Waals surface area (Å²) in [5.41, 5.74) is 0.338. The molecule has 4 heteroatoms. The van der Waals surface area contributed by atoms with Gasteiger partial charge in [0.1, 0.15) is 0 Å². The van der Waals surface area contributed by atoms with E-state index in [-0.39, 0.29) is 6.54 Å². The highest BCUT2D eigenvalue weighted by atomic mass is 16.4. The largest absolute Gasteiger partial charge is 0.465 e. The van der Waals surface area contributed by atoms with Crippen molar-refractivity contribution in [2.24, 2.45) is 5.41 Å². The van der Waals surface area contributed by atoms with Crippen LogP contribution >= 0.6 is 0 Å². The van der Waals surface area contributed by atoms with Gasteiger partial charge in [-0.05, 0) is 5.56 Å². The molecule has 0 bridgehead atoms. The first-order valence-corrected chi connectivity index (χ1v) is 6.57. The molecule has 0 aliphatic heterocycles. The maximum absolute atomic E-state index is 11.4. The first-order chi connectivity index (χ1) is 9.51. The maximum Gasteiger partial charge on any atom is 0.407 e. The highest BCUT2D eigenvalue weighted by Gasteiger charge is 2.33. The van der Waals surface area contributed by atoms with Gasteiger partial charge in [-0.2, -0.15) is 0 Å². The number of rotatable bonds is 4. The fraction of sp³-hybridized carbons (Fsp3) is 0.312. The van der Waals surface area contributed by atoms with Gasteiger partial charge in [0.05, 0.1) is 6.10 Å². The maximum atomic E-state index is 11.4. The van der Waals surface area contributed by atoms with Gasteiger partial charge in [-0.3, -0.25) is 0 Å². The van der Waals surface area contributed by atoms with Crippen LogP contribution < -0.4 is 0 Å². The summed E-state index contributed by atoms with van der Waals surface area (Å²) in [5.74, 6) is 0. The van der Waals surface area contributed by atoms with Gasteiger partial charge < -0.3 is 15.1 Å². The second-order valence-corrected chi connectivity index (χ2v) is 5.32. The molecule has 2 rings (SSSR count). The van der Waals surface area contributed by atoms with Crippen LogP contribution in [0.15, 0.2) is 54.6 Å². The quantitative estimate of drug-likeness (QED) is 0.886. The first kappa shape index (κ1) is 14.3. The van der Waals surface area contributed by atoms with Crippen molar-refractivity contribution >= 4 is 6.09 Å². The van der Waals surface area contributed by atoms with Gasteiger partial charge in [-0.1, -0.05) is 61.6 Å². The van der Waals surface area contributed by atoms with Crippen LogP contribution in [0.5, 0.6) is 0 Å². The zero-order valence-electron chi connectivity index (χ0n) is 11.4. The van der Waals surface area contributed by atoms with E-state index in [2.05, 4.69) is 0 Å². The second kappa shape index (κ2) is 5.92. The average Bonchev–Trinajstić information content (AvgIpc) is 2.43. The van der Waals surface area contributed by atoms with Crippen molar-refractivity contribution in [2.75, 3.05) is 6.54 Å². The fourth-order valence-electron chi connectivity index (χ4n) is 2.32. The number of allylic oxidation sites excluding steroid dienone is 2. The van der Waals surface area contributed by atoms with Crippen LogP contribution in [0, 0.1) is 5.41 Å². The lowest BCUT2D eigenvalue weighted by Gasteiger charge is -2.36. The lowest BCUT2D eigenvalue weighted by atomic mass is 9.80. The Morgan fingerprint density at radius 3 is 2.60 bits per heavy atom. The van der Waals surface area contributed by atoms with E-state index in [4.69, 9.17) is 0 Å². The predicted octanol–water partition coefficient (Wildman–Crippen LogP) is 2.66. The predicted molar refractivity (Wildman–Crippen MR) is 77.3 cm³/mol. The molecule has 2 unspecified atom stereocenters. The third kappa shape index (κ3) is 3.27. The molecule has 20 heavy (non-hydrogen) atoms. The van der Waals surface area contributed by atoms with E-state index in [0.29, 0.717) is 6.54 Å². The lowest BCUT2D eigenvalue weighted by Crippen LogP contribution is -2.44. The summed E-state index contributed by atoms with van der Waals surface area (Å²) in [6.07, 6.45) is 5.50. The average molecular weight is 273 g/mol. The minimum atomic E-state index is -0.981. The Kier molecular flexibility index (Phi) is 4.25. The van der Waals surface area contributed by atoms with E-state index in [1.165, 1.54) is 4.90 Å². The van der Waals surface area contributed by atoms with Crippen molar-refractivity contribution in [3.8, 4) is 0 Å². The minimum absolute atomic E-state index is 0.249. The molecule has 2 atom stereocenters. The second-order valence-electron chi connectivity index (χ2n) is 5.32. The van der Waals surface area contributed by atoms with Crippen molar-refractivity contribution in [2.45, 2.75) is 19.6 Å². The Balaban J connectivity index is 2.12. The molecule has 1 amide bonds. The van der Waals surface area contributed by atoms with Gasteiger partial charge in [0.25, 0.3) is 0 Å². The van der Waals surface area contributed by atoms with Crippen LogP contribution in [0.25, 0.3) is 0 Å². The molecule has 1 aliphatic carbocycles. The number of aliphatic hydroxyl groups excluding tert-OH is 1. The molecule has 2 N–H and O–H groups in total. The first-order valence-electron chi connectivity index (χ1n) is 6.57. The van der Waals surface area contributed by atoms with Crippen LogP contribution in [0.4, 0.5) is 4.79 Å². The van der Waals surface area contributed by atoms with E-state index in [1.54, 1.807) is 12.2 Å². The van der Waals surface area contributed by atoms with Crippen molar-refractivity contribution in [3.63, 3.8) is 0 Å². The van der Waals surface area contributed by atoms with Crippen LogP contribution in [0.2, 0.25) is 0 Å². The van der Waals surface area contributed by atoms with E-state index in [0.717, 1.165) is 5.56 Å². The van der Waals surface area contributed by atoms with E-state index in [9.17, 15) is 15.0 Å². The lowest BCUT2D eigenvalue weighted by molar-refractivity contribution is 0.0668. The SMILES string of the molecule is CC1(CN(Cc2ccccc2)C(=O)O)C=CC=CC1O. The van der Waals surface area contributed by atoms with E-state index in [1.807, 2.05) is 49.4 Å². The third-order valence-electron chi connectivity index (χ3n) is 3.58. The molecule has 0 spiro atoms. The van der Waals surface area contributed by atoms with Gasteiger partial charge >= 0.3 is 6.09 Å². The molecule has 0 radical (unpaired) electrons. The number of amides is 1. The van der Waals surface area contributed by atoms with Gasteiger partial charge in [-0.15, -0.1) is 0 Å². The Hall–Kier alpha value is -2.07. The normalized spacial score (nSPS) is 24.6. The van der Waals surface area contributed by atoms with Crippen LogP contribution in [-0.4, -0.2) is 33.9 Å². The molecule has 0 saturated carbocycles. The molecular weight excluding hydrogens is 254 g/mol. The molecule has 1 aromatic carbocycles. The summed E-state index contributed by atoms with van der Waals surface area (Å²) in [6, 6.07) is 9.45. The molecule has 0 saturated heterocycles. The Bertz CT molecular complexity index is 524. The van der Waals surface area contributed by atoms with Crippen LogP contribution in [0.3, 0.4) is 0 Å². The number of hydrogen-bond acceptors (Lipinski definition) is 2. The molecular formula is C16H19NO3. The molecule has 0 heterocycles. The zero-order chi connectivity index (χ0) is 14.6. The molecule has 0 aromatic heterocycles. The highest BCUT2D eigenvalue weighted by Crippen LogP contribution is 2.29. The monoisotopic (exact) mass is 273 g/mol. The summed E-state index contributed by atoms with van der Waals surface area (Å²) in [4.78, 5) is 12.8. The summed E-state index contributed by atoms with van der Waals surface area (Å²) in [5, 5.41) is 19.4. The number of carboxylic acid groups (broad SMARTS) is 1. The smallest absolute Gasteiger partial charge is 0.407 e.